The Labute approximate surface area is 148 Å². The third kappa shape index (κ3) is 5.73. The van der Waals surface area contributed by atoms with E-state index < -0.39 is 12.3 Å². The molecule has 0 saturated heterocycles. The highest BCUT2D eigenvalue weighted by molar-refractivity contribution is 6.02. The minimum Gasteiger partial charge on any atom is -0.497 e. The second kappa shape index (κ2) is 8.28. The predicted molar refractivity (Wildman–Crippen MR) is 90.3 cm³/mol. The summed E-state index contributed by atoms with van der Waals surface area (Å²) in [4.78, 5) is 12.0. The number of rotatable bonds is 6. The molecule has 0 heterocycles. The van der Waals surface area contributed by atoms with Gasteiger partial charge in [-0.1, -0.05) is 12.1 Å². The minimum atomic E-state index is -4.74. The van der Waals surface area contributed by atoms with Crippen molar-refractivity contribution in [2.75, 3.05) is 19.5 Å². The normalized spacial score (nSPS) is 11.3. The van der Waals surface area contributed by atoms with E-state index >= 15 is 0 Å². The highest BCUT2D eigenvalue weighted by Crippen LogP contribution is 2.29. The van der Waals surface area contributed by atoms with Crippen LogP contribution in [-0.4, -0.2) is 26.5 Å². The van der Waals surface area contributed by atoms with Crippen molar-refractivity contribution in [3.63, 3.8) is 0 Å². The van der Waals surface area contributed by atoms with Gasteiger partial charge in [-0.2, -0.15) is 0 Å². The Balaban J connectivity index is 2.01. The number of ether oxygens (including phenoxy) is 3. The Morgan fingerprint density at radius 3 is 2.23 bits per heavy atom. The van der Waals surface area contributed by atoms with Crippen LogP contribution < -0.4 is 19.5 Å². The van der Waals surface area contributed by atoms with Crippen molar-refractivity contribution in [3.05, 3.63) is 54.1 Å². The zero-order chi connectivity index (χ0) is 19.2. The molecule has 0 bridgehead atoms. The first-order chi connectivity index (χ1) is 12.3. The molecule has 0 aliphatic heterocycles. The van der Waals surface area contributed by atoms with E-state index in [4.69, 9.17) is 9.47 Å². The Hall–Kier alpha value is -3.16. The monoisotopic (exact) mass is 367 g/mol. The molecular weight excluding hydrogens is 351 g/mol. The molecule has 0 spiro atoms. The van der Waals surface area contributed by atoms with Crippen molar-refractivity contribution in [2.45, 2.75) is 6.36 Å². The fraction of sp³-hybridized carbons (Fsp3) is 0.167. The summed E-state index contributed by atoms with van der Waals surface area (Å²) in [6, 6.07) is 10.1. The summed E-state index contributed by atoms with van der Waals surface area (Å²) in [5.74, 6) is 0.252. The molecule has 0 aliphatic rings. The fourth-order valence-electron chi connectivity index (χ4n) is 2.03. The molecule has 0 radical (unpaired) electrons. The second-order valence-corrected chi connectivity index (χ2v) is 5.01. The average Bonchev–Trinajstić information content (AvgIpc) is 2.60. The molecule has 1 amide bonds. The maximum absolute atomic E-state index is 12.1. The number of benzene rings is 2. The van der Waals surface area contributed by atoms with Gasteiger partial charge < -0.3 is 19.5 Å². The number of anilines is 1. The van der Waals surface area contributed by atoms with Crippen LogP contribution in [0.25, 0.3) is 6.08 Å². The molecule has 2 rings (SSSR count). The van der Waals surface area contributed by atoms with Gasteiger partial charge in [0.15, 0.2) is 0 Å². The Bertz CT molecular complexity index is 786. The van der Waals surface area contributed by atoms with Crippen LogP contribution in [-0.2, 0) is 4.79 Å². The van der Waals surface area contributed by atoms with Gasteiger partial charge in [0.25, 0.3) is 0 Å². The summed E-state index contributed by atoms with van der Waals surface area (Å²) in [6.07, 6.45) is -2.03. The summed E-state index contributed by atoms with van der Waals surface area (Å²) in [6.45, 7) is 0. The standard InChI is InChI=1S/C18H16F3NO4/c1-24-14-8-9-15(16(11-14)25-2)22-17(23)10-5-12-3-6-13(7-4-12)26-18(19,20)21/h3-11H,1-2H3,(H,22,23)/b10-5+. The van der Waals surface area contributed by atoms with Crippen LogP contribution in [0.3, 0.4) is 0 Å². The first-order valence-electron chi connectivity index (χ1n) is 7.37. The lowest BCUT2D eigenvalue weighted by Crippen LogP contribution is -2.16. The number of nitrogens with one attached hydrogen (secondary N) is 1. The van der Waals surface area contributed by atoms with Gasteiger partial charge in [0.2, 0.25) is 5.91 Å². The highest BCUT2D eigenvalue weighted by Gasteiger charge is 2.30. The van der Waals surface area contributed by atoms with Crippen LogP contribution in [0.4, 0.5) is 18.9 Å². The van der Waals surface area contributed by atoms with Gasteiger partial charge in [-0.25, -0.2) is 0 Å². The third-order valence-electron chi connectivity index (χ3n) is 3.21. The number of carbonyl (C=O) groups excluding carboxylic acids is 1. The number of carbonyl (C=O) groups is 1. The van der Waals surface area contributed by atoms with Crippen molar-refractivity contribution in [1.82, 2.24) is 0 Å². The second-order valence-electron chi connectivity index (χ2n) is 5.01. The van der Waals surface area contributed by atoms with Crippen LogP contribution in [0.5, 0.6) is 17.2 Å². The lowest BCUT2D eigenvalue weighted by Gasteiger charge is -2.10. The number of halogens is 3. The molecule has 2 aromatic rings. The van der Waals surface area contributed by atoms with Crippen molar-refractivity contribution >= 4 is 17.7 Å². The van der Waals surface area contributed by atoms with E-state index in [9.17, 15) is 18.0 Å². The Morgan fingerprint density at radius 2 is 1.65 bits per heavy atom. The number of hydrogen-bond donors (Lipinski definition) is 1. The molecule has 8 heteroatoms. The van der Waals surface area contributed by atoms with E-state index in [0.717, 1.165) is 12.1 Å². The first-order valence-corrected chi connectivity index (χ1v) is 7.37. The lowest BCUT2D eigenvalue weighted by molar-refractivity contribution is -0.274. The molecule has 0 fully saturated rings. The molecule has 2 aromatic carbocycles. The first kappa shape index (κ1) is 19.2. The molecule has 138 valence electrons. The van der Waals surface area contributed by atoms with E-state index in [1.807, 2.05) is 0 Å². The summed E-state index contributed by atoms with van der Waals surface area (Å²) in [5, 5.41) is 2.65. The molecule has 0 aromatic heterocycles. The average molecular weight is 367 g/mol. The quantitative estimate of drug-likeness (QED) is 0.776. The van der Waals surface area contributed by atoms with Gasteiger partial charge in [-0.15, -0.1) is 13.2 Å². The zero-order valence-electron chi connectivity index (χ0n) is 14.0. The molecule has 0 aliphatic carbocycles. The number of alkyl halides is 3. The van der Waals surface area contributed by atoms with Crippen LogP contribution in [0.1, 0.15) is 5.56 Å². The maximum atomic E-state index is 12.1. The molecule has 0 saturated carbocycles. The van der Waals surface area contributed by atoms with E-state index in [1.54, 1.807) is 18.2 Å². The predicted octanol–water partition coefficient (Wildman–Crippen LogP) is 4.25. The summed E-state index contributed by atoms with van der Waals surface area (Å²) in [5.41, 5.74) is 0.994. The summed E-state index contributed by atoms with van der Waals surface area (Å²) >= 11 is 0. The van der Waals surface area contributed by atoms with Crippen LogP contribution >= 0.6 is 0 Å². The number of methoxy groups -OCH3 is 2. The smallest absolute Gasteiger partial charge is 0.497 e. The number of hydrogen-bond acceptors (Lipinski definition) is 4. The van der Waals surface area contributed by atoms with Gasteiger partial charge >= 0.3 is 6.36 Å². The highest BCUT2D eigenvalue weighted by atomic mass is 19.4. The van der Waals surface area contributed by atoms with Gasteiger partial charge in [0.1, 0.15) is 17.2 Å². The lowest BCUT2D eigenvalue weighted by atomic mass is 10.2. The van der Waals surface area contributed by atoms with Crippen molar-refractivity contribution in [3.8, 4) is 17.2 Å². The largest absolute Gasteiger partial charge is 0.573 e. The molecule has 0 atom stereocenters. The zero-order valence-corrected chi connectivity index (χ0v) is 14.0. The molecular formula is C18H16F3NO4. The van der Waals surface area contributed by atoms with Crippen LogP contribution in [0, 0.1) is 0 Å². The van der Waals surface area contributed by atoms with Gasteiger partial charge in [0.05, 0.1) is 19.9 Å². The van der Waals surface area contributed by atoms with E-state index in [1.165, 1.54) is 38.5 Å². The van der Waals surface area contributed by atoms with E-state index in [2.05, 4.69) is 10.1 Å². The van der Waals surface area contributed by atoms with Crippen LogP contribution in [0.2, 0.25) is 0 Å². The number of amides is 1. The minimum absolute atomic E-state index is 0.331. The fourth-order valence-corrected chi connectivity index (χ4v) is 2.03. The molecule has 0 unspecified atom stereocenters. The third-order valence-corrected chi connectivity index (χ3v) is 3.21. The summed E-state index contributed by atoms with van der Waals surface area (Å²) < 4.78 is 50.3. The van der Waals surface area contributed by atoms with Crippen molar-refractivity contribution < 1.29 is 32.2 Å². The van der Waals surface area contributed by atoms with Gasteiger partial charge in [0, 0.05) is 12.1 Å². The van der Waals surface area contributed by atoms with Crippen molar-refractivity contribution in [1.29, 1.82) is 0 Å². The Morgan fingerprint density at radius 1 is 1.00 bits per heavy atom. The SMILES string of the molecule is COc1ccc(NC(=O)/C=C/c2ccc(OC(F)(F)F)cc2)c(OC)c1. The van der Waals surface area contributed by atoms with Gasteiger partial charge in [-0.3, -0.25) is 4.79 Å². The maximum Gasteiger partial charge on any atom is 0.573 e. The Kier molecular flexibility index (Phi) is 6.11. The summed E-state index contributed by atoms with van der Waals surface area (Å²) in [7, 11) is 2.98. The molecule has 5 nitrogen and oxygen atoms in total. The topological polar surface area (TPSA) is 56.8 Å². The molecule has 26 heavy (non-hydrogen) atoms. The van der Waals surface area contributed by atoms with Gasteiger partial charge in [-0.05, 0) is 35.9 Å². The van der Waals surface area contributed by atoms with Crippen molar-refractivity contribution in [2.24, 2.45) is 0 Å². The molecule has 1 N–H and O–H groups in total. The van der Waals surface area contributed by atoms with E-state index in [-0.39, 0.29) is 5.75 Å². The van der Waals surface area contributed by atoms with Crippen LogP contribution in [0.15, 0.2) is 48.5 Å². The van der Waals surface area contributed by atoms with E-state index in [0.29, 0.717) is 22.7 Å².